The first kappa shape index (κ1) is 8.00. The quantitative estimate of drug-likeness (QED) is 0.705. The molecule has 2 aromatic heterocycles. The molecule has 0 aromatic carbocycles. The molecule has 5 nitrogen and oxygen atoms in total. The summed E-state index contributed by atoms with van der Waals surface area (Å²) in [6.07, 6.45) is 5.34. The summed E-state index contributed by atoms with van der Waals surface area (Å²) in [5.41, 5.74) is 6.50. The number of nitrogens with two attached hydrogens (primary N) is 1. The third-order valence-corrected chi connectivity index (χ3v) is 1.87. The molecule has 2 N–H and O–H groups in total. The maximum Gasteiger partial charge on any atom is 0.160 e. The number of hydrogen-bond acceptors (Lipinski definition) is 3. The first-order valence-electron chi connectivity index (χ1n) is 4.02. The summed E-state index contributed by atoms with van der Waals surface area (Å²) in [6, 6.07) is 1.92. The van der Waals surface area contributed by atoms with Gasteiger partial charge in [-0.3, -0.25) is 9.25 Å². The SMILES string of the molecule is Cn1ccc(-n2cncc2CN)n1. The highest BCUT2D eigenvalue weighted by molar-refractivity contribution is 5.23. The highest BCUT2D eigenvalue weighted by Crippen LogP contribution is 2.07. The van der Waals surface area contributed by atoms with Crippen molar-refractivity contribution < 1.29 is 0 Å². The number of nitrogens with zero attached hydrogens (tertiary/aromatic N) is 4. The Bertz CT molecular complexity index is 400. The Morgan fingerprint density at radius 2 is 2.38 bits per heavy atom. The molecule has 0 saturated carbocycles. The number of aryl methyl sites for hydroxylation is 1. The van der Waals surface area contributed by atoms with Crippen LogP contribution in [0.3, 0.4) is 0 Å². The van der Waals surface area contributed by atoms with Crippen LogP contribution in [0.5, 0.6) is 0 Å². The Labute approximate surface area is 75.8 Å². The molecule has 2 aromatic rings. The zero-order chi connectivity index (χ0) is 9.26. The minimum absolute atomic E-state index is 0.469. The van der Waals surface area contributed by atoms with Crippen LogP contribution in [-0.2, 0) is 13.6 Å². The van der Waals surface area contributed by atoms with Gasteiger partial charge in [-0.1, -0.05) is 0 Å². The van der Waals surface area contributed by atoms with Crippen LogP contribution >= 0.6 is 0 Å². The molecule has 2 heterocycles. The average Bonchev–Trinajstić information content (AvgIpc) is 2.71. The van der Waals surface area contributed by atoms with Crippen molar-refractivity contribution in [2.45, 2.75) is 6.54 Å². The topological polar surface area (TPSA) is 61.7 Å². The lowest BCUT2D eigenvalue weighted by molar-refractivity contribution is 0.743. The molecule has 0 radical (unpaired) electrons. The fourth-order valence-corrected chi connectivity index (χ4v) is 1.21. The fourth-order valence-electron chi connectivity index (χ4n) is 1.21. The molecule has 13 heavy (non-hydrogen) atoms. The van der Waals surface area contributed by atoms with E-state index < -0.39 is 0 Å². The first-order chi connectivity index (χ1) is 6.31. The van der Waals surface area contributed by atoms with E-state index in [2.05, 4.69) is 10.1 Å². The Morgan fingerprint density at radius 3 is 3.00 bits per heavy atom. The predicted molar refractivity (Wildman–Crippen MR) is 48.2 cm³/mol. The summed E-state index contributed by atoms with van der Waals surface area (Å²) >= 11 is 0. The van der Waals surface area contributed by atoms with E-state index in [1.807, 2.05) is 23.9 Å². The third-order valence-electron chi connectivity index (χ3n) is 1.87. The lowest BCUT2D eigenvalue weighted by Gasteiger charge is -2.00. The second-order valence-corrected chi connectivity index (χ2v) is 2.81. The molecule has 0 aliphatic heterocycles. The van der Waals surface area contributed by atoms with Gasteiger partial charge in [-0.05, 0) is 0 Å². The van der Waals surface area contributed by atoms with Crippen LogP contribution in [-0.4, -0.2) is 19.3 Å². The largest absolute Gasteiger partial charge is 0.325 e. The zero-order valence-corrected chi connectivity index (χ0v) is 7.38. The van der Waals surface area contributed by atoms with E-state index in [0.29, 0.717) is 6.54 Å². The minimum atomic E-state index is 0.469. The van der Waals surface area contributed by atoms with Crippen LogP contribution in [0.1, 0.15) is 5.69 Å². The van der Waals surface area contributed by atoms with Crippen molar-refractivity contribution in [2.75, 3.05) is 0 Å². The standard InChI is InChI=1S/C8H11N5/c1-12-3-2-8(11-12)13-6-10-5-7(13)4-9/h2-3,5-6H,4,9H2,1H3. The molecule has 0 amide bonds. The average molecular weight is 177 g/mol. The van der Waals surface area contributed by atoms with Crippen molar-refractivity contribution in [1.82, 2.24) is 19.3 Å². The molecule has 0 saturated heterocycles. The van der Waals surface area contributed by atoms with Gasteiger partial charge in [0.15, 0.2) is 5.82 Å². The summed E-state index contributed by atoms with van der Waals surface area (Å²) in [6.45, 7) is 0.469. The zero-order valence-electron chi connectivity index (χ0n) is 7.38. The molecule has 0 bridgehead atoms. The molecule has 0 aliphatic carbocycles. The second-order valence-electron chi connectivity index (χ2n) is 2.81. The normalized spacial score (nSPS) is 10.6. The van der Waals surface area contributed by atoms with E-state index in [9.17, 15) is 0 Å². The first-order valence-corrected chi connectivity index (χ1v) is 4.02. The smallest absolute Gasteiger partial charge is 0.160 e. The molecular formula is C8H11N5. The van der Waals surface area contributed by atoms with Gasteiger partial charge in [0, 0.05) is 32.1 Å². The molecule has 2 rings (SSSR count). The van der Waals surface area contributed by atoms with Gasteiger partial charge in [-0.15, -0.1) is 0 Å². The molecule has 0 unspecified atom stereocenters. The maximum absolute atomic E-state index is 5.54. The Kier molecular flexibility index (Phi) is 1.86. The van der Waals surface area contributed by atoms with Crippen molar-refractivity contribution in [3.8, 4) is 5.82 Å². The van der Waals surface area contributed by atoms with Gasteiger partial charge in [-0.2, -0.15) is 5.10 Å². The minimum Gasteiger partial charge on any atom is -0.325 e. The van der Waals surface area contributed by atoms with E-state index >= 15 is 0 Å². The lowest BCUT2D eigenvalue weighted by Crippen LogP contribution is -2.05. The van der Waals surface area contributed by atoms with E-state index in [0.717, 1.165) is 11.5 Å². The van der Waals surface area contributed by atoms with Crippen LogP contribution in [0, 0.1) is 0 Å². The molecule has 0 spiro atoms. The lowest BCUT2D eigenvalue weighted by atomic mass is 10.4. The molecule has 68 valence electrons. The summed E-state index contributed by atoms with van der Waals surface area (Å²) in [4.78, 5) is 4.01. The number of rotatable bonds is 2. The van der Waals surface area contributed by atoms with Crippen LogP contribution in [0.2, 0.25) is 0 Å². The molecular weight excluding hydrogens is 166 g/mol. The van der Waals surface area contributed by atoms with Crippen LogP contribution in [0.4, 0.5) is 0 Å². The van der Waals surface area contributed by atoms with Crippen molar-refractivity contribution >= 4 is 0 Å². The van der Waals surface area contributed by atoms with Gasteiger partial charge >= 0.3 is 0 Å². The van der Waals surface area contributed by atoms with Crippen molar-refractivity contribution in [2.24, 2.45) is 12.8 Å². The van der Waals surface area contributed by atoms with Crippen LogP contribution in [0.25, 0.3) is 5.82 Å². The fraction of sp³-hybridized carbons (Fsp3) is 0.250. The van der Waals surface area contributed by atoms with Crippen molar-refractivity contribution in [1.29, 1.82) is 0 Å². The monoisotopic (exact) mass is 177 g/mol. The summed E-state index contributed by atoms with van der Waals surface area (Å²) < 4.78 is 3.62. The van der Waals surface area contributed by atoms with Gasteiger partial charge < -0.3 is 5.73 Å². The maximum atomic E-state index is 5.54. The van der Waals surface area contributed by atoms with Crippen LogP contribution < -0.4 is 5.73 Å². The predicted octanol–water partition coefficient (Wildman–Crippen LogP) is 0.0645. The van der Waals surface area contributed by atoms with Crippen LogP contribution in [0.15, 0.2) is 24.8 Å². The van der Waals surface area contributed by atoms with E-state index in [-0.39, 0.29) is 0 Å². The highest BCUT2D eigenvalue weighted by atomic mass is 15.3. The third kappa shape index (κ3) is 1.33. The van der Waals surface area contributed by atoms with Gasteiger partial charge in [0.05, 0.1) is 5.69 Å². The van der Waals surface area contributed by atoms with Gasteiger partial charge in [0.25, 0.3) is 0 Å². The molecule has 0 atom stereocenters. The van der Waals surface area contributed by atoms with Crippen molar-refractivity contribution in [3.63, 3.8) is 0 Å². The molecule has 5 heteroatoms. The molecule has 0 fully saturated rings. The number of imidazole rings is 1. The summed E-state index contributed by atoms with van der Waals surface area (Å²) in [5, 5.41) is 4.25. The van der Waals surface area contributed by atoms with Gasteiger partial charge in [0.2, 0.25) is 0 Å². The van der Waals surface area contributed by atoms with Gasteiger partial charge in [-0.25, -0.2) is 4.98 Å². The molecule has 0 aliphatic rings. The van der Waals surface area contributed by atoms with Crippen molar-refractivity contribution in [3.05, 3.63) is 30.5 Å². The summed E-state index contributed by atoms with van der Waals surface area (Å²) in [5.74, 6) is 0.848. The van der Waals surface area contributed by atoms with E-state index in [4.69, 9.17) is 5.73 Å². The Balaban J connectivity index is 2.45. The number of aromatic nitrogens is 4. The van der Waals surface area contributed by atoms with E-state index in [1.54, 1.807) is 17.2 Å². The number of hydrogen-bond donors (Lipinski definition) is 1. The van der Waals surface area contributed by atoms with Gasteiger partial charge in [0.1, 0.15) is 6.33 Å². The van der Waals surface area contributed by atoms with E-state index in [1.165, 1.54) is 0 Å². The second kappa shape index (κ2) is 3.02. The highest BCUT2D eigenvalue weighted by Gasteiger charge is 2.03. The Morgan fingerprint density at radius 1 is 1.54 bits per heavy atom. The Hall–Kier alpha value is -1.62. The summed E-state index contributed by atoms with van der Waals surface area (Å²) in [7, 11) is 1.88.